The zero-order valence-corrected chi connectivity index (χ0v) is 17.9. The predicted octanol–water partition coefficient (Wildman–Crippen LogP) is 2.57. The second-order valence-corrected chi connectivity index (χ2v) is 10.1. The zero-order valence-electron chi connectivity index (χ0n) is 16.2. The summed E-state index contributed by atoms with van der Waals surface area (Å²) in [5.74, 6) is -0.131. The predicted molar refractivity (Wildman–Crippen MR) is 112 cm³/mol. The molecule has 0 unspecified atom stereocenters. The Morgan fingerprint density at radius 2 is 1.86 bits per heavy atom. The van der Waals surface area contributed by atoms with Crippen LogP contribution in [-0.4, -0.2) is 57.3 Å². The highest BCUT2D eigenvalue weighted by atomic mass is 32.2. The lowest BCUT2D eigenvalue weighted by Gasteiger charge is -2.31. The van der Waals surface area contributed by atoms with Crippen LogP contribution in [0.25, 0.3) is 0 Å². The number of hydrogen-bond donors (Lipinski definition) is 1. The van der Waals surface area contributed by atoms with E-state index in [0.29, 0.717) is 37.4 Å². The van der Waals surface area contributed by atoms with Crippen molar-refractivity contribution in [3.05, 3.63) is 52.7 Å². The van der Waals surface area contributed by atoms with Crippen LogP contribution in [0.3, 0.4) is 0 Å². The molecular weight excluding hydrogens is 394 g/mol. The van der Waals surface area contributed by atoms with Gasteiger partial charge in [-0.1, -0.05) is 24.3 Å². The molecule has 0 spiro atoms. The van der Waals surface area contributed by atoms with E-state index in [1.165, 1.54) is 9.18 Å². The van der Waals surface area contributed by atoms with Gasteiger partial charge in [0.2, 0.25) is 15.9 Å². The monoisotopic (exact) mass is 421 g/mol. The molecule has 0 bridgehead atoms. The van der Waals surface area contributed by atoms with Crippen LogP contribution < -0.4 is 5.32 Å². The summed E-state index contributed by atoms with van der Waals surface area (Å²) >= 11 is 1.68. The van der Waals surface area contributed by atoms with Gasteiger partial charge in [-0.15, -0.1) is 11.3 Å². The molecule has 6 nitrogen and oxygen atoms in total. The SMILES string of the molecule is CN(C)[C@@H](CNC(=O)C1CCN(S(=O)(=O)c2ccccc2)CC1)c1cccs1. The Balaban J connectivity index is 1.54. The second-order valence-electron chi connectivity index (χ2n) is 7.23. The van der Waals surface area contributed by atoms with Crippen molar-refractivity contribution in [1.82, 2.24) is 14.5 Å². The molecule has 1 aliphatic heterocycles. The Labute approximate surface area is 171 Å². The fourth-order valence-corrected chi connectivity index (χ4v) is 5.87. The third-order valence-electron chi connectivity index (χ3n) is 5.17. The first-order chi connectivity index (χ1) is 13.4. The maximum Gasteiger partial charge on any atom is 0.243 e. The molecule has 3 rings (SSSR count). The van der Waals surface area contributed by atoms with E-state index in [9.17, 15) is 13.2 Å². The van der Waals surface area contributed by atoms with Gasteiger partial charge in [0.1, 0.15) is 0 Å². The Bertz CT molecular complexity index is 859. The summed E-state index contributed by atoms with van der Waals surface area (Å²) in [6.45, 7) is 1.30. The van der Waals surface area contributed by atoms with Gasteiger partial charge in [-0.3, -0.25) is 4.79 Å². The van der Waals surface area contributed by atoms with E-state index in [2.05, 4.69) is 16.3 Å². The number of sulfonamides is 1. The number of benzene rings is 1. The van der Waals surface area contributed by atoms with E-state index in [4.69, 9.17) is 0 Å². The minimum Gasteiger partial charge on any atom is -0.354 e. The van der Waals surface area contributed by atoms with Crippen LogP contribution in [0.1, 0.15) is 23.8 Å². The van der Waals surface area contributed by atoms with Gasteiger partial charge in [-0.2, -0.15) is 4.31 Å². The lowest BCUT2D eigenvalue weighted by atomic mass is 9.97. The van der Waals surface area contributed by atoms with E-state index in [1.54, 1.807) is 41.7 Å². The molecule has 1 aromatic carbocycles. The number of amides is 1. The lowest BCUT2D eigenvalue weighted by molar-refractivity contribution is -0.126. The topological polar surface area (TPSA) is 69.7 Å². The van der Waals surface area contributed by atoms with Crippen LogP contribution in [0.4, 0.5) is 0 Å². The zero-order chi connectivity index (χ0) is 20.1. The number of hydrogen-bond acceptors (Lipinski definition) is 5. The fourth-order valence-electron chi connectivity index (χ4n) is 3.46. The lowest BCUT2D eigenvalue weighted by Crippen LogP contribution is -2.44. The molecule has 1 atom stereocenters. The molecule has 2 heterocycles. The Kier molecular flexibility index (Phi) is 6.87. The average molecular weight is 422 g/mol. The average Bonchev–Trinajstić information content (AvgIpc) is 3.23. The first kappa shape index (κ1) is 21.0. The van der Waals surface area contributed by atoms with Crippen LogP contribution in [0.2, 0.25) is 0 Å². The Morgan fingerprint density at radius 3 is 2.43 bits per heavy atom. The molecule has 1 fully saturated rings. The van der Waals surface area contributed by atoms with Crippen molar-refractivity contribution in [1.29, 1.82) is 0 Å². The van der Waals surface area contributed by atoms with Gasteiger partial charge in [0.05, 0.1) is 10.9 Å². The molecule has 2 aromatic rings. The largest absolute Gasteiger partial charge is 0.354 e. The van der Waals surface area contributed by atoms with Gasteiger partial charge < -0.3 is 10.2 Å². The summed E-state index contributed by atoms with van der Waals surface area (Å²) in [6.07, 6.45) is 1.09. The summed E-state index contributed by atoms with van der Waals surface area (Å²) in [6, 6.07) is 12.7. The van der Waals surface area contributed by atoms with Crippen molar-refractivity contribution in [2.24, 2.45) is 5.92 Å². The highest BCUT2D eigenvalue weighted by molar-refractivity contribution is 7.89. The molecule has 28 heavy (non-hydrogen) atoms. The molecule has 152 valence electrons. The van der Waals surface area contributed by atoms with Gasteiger partial charge in [0, 0.05) is 30.4 Å². The van der Waals surface area contributed by atoms with Crippen molar-refractivity contribution in [3.8, 4) is 0 Å². The van der Waals surface area contributed by atoms with Gasteiger partial charge in [0.15, 0.2) is 0 Å². The minimum absolute atomic E-state index is 0.0140. The van der Waals surface area contributed by atoms with Gasteiger partial charge in [-0.05, 0) is 50.5 Å². The fraction of sp³-hybridized carbons (Fsp3) is 0.450. The molecule has 0 radical (unpaired) electrons. The van der Waals surface area contributed by atoms with E-state index in [-0.39, 0.29) is 17.9 Å². The molecule has 0 saturated carbocycles. The number of thiophene rings is 1. The van der Waals surface area contributed by atoms with Gasteiger partial charge in [-0.25, -0.2) is 8.42 Å². The molecule has 0 aliphatic carbocycles. The third-order valence-corrected chi connectivity index (χ3v) is 8.06. The number of likely N-dealkylation sites (N-methyl/N-ethyl adjacent to an activating group) is 1. The quantitative estimate of drug-likeness (QED) is 0.746. The van der Waals surface area contributed by atoms with Crippen LogP contribution >= 0.6 is 11.3 Å². The van der Waals surface area contributed by atoms with E-state index in [0.717, 1.165) is 0 Å². The molecule has 1 aromatic heterocycles. The van der Waals surface area contributed by atoms with Crippen molar-refractivity contribution in [2.45, 2.75) is 23.8 Å². The molecule has 1 saturated heterocycles. The van der Waals surface area contributed by atoms with Crippen LogP contribution in [0, 0.1) is 5.92 Å². The number of nitrogens with one attached hydrogen (secondary N) is 1. The Morgan fingerprint density at radius 1 is 1.18 bits per heavy atom. The number of carbonyl (C=O) groups excluding carboxylic acids is 1. The third kappa shape index (κ3) is 4.81. The smallest absolute Gasteiger partial charge is 0.243 e. The summed E-state index contributed by atoms with van der Waals surface area (Å²) in [5.41, 5.74) is 0. The molecular formula is C20H27N3O3S2. The number of rotatable bonds is 7. The van der Waals surface area contributed by atoms with Crippen molar-refractivity contribution in [2.75, 3.05) is 33.7 Å². The maximum absolute atomic E-state index is 12.7. The molecule has 8 heteroatoms. The first-order valence-corrected chi connectivity index (χ1v) is 11.7. The van der Waals surface area contributed by atoms with E-state index < -0.39 is 10.0 Å². The van der Waals surface area contributed by atoms with Crippen molar-refractivity contribution < 1.29 is 13.2 Å². The van der Waals surface area contributed by atoms with E-state index >= 15 is 0 Å². The Hall–Kier alpha value is -1.74. The highest BCUT2D eigenvalue weighted by Gasteiger charge is 2.32. The number of nitrogens with zero attached hydrogens (tertiary/aromatic N) is 2. The highest BCUT2D eigenvalue weighted by Crippen LogP contribution is 2.25. The summed E-state index contributed by atoms with van der Waals surface area (Å²) < 4.78 is 26.9. The van der Waals surface area contributed by atoms with Crippen molar-refractivity contribution in [3.63, 3.8) is 0 Å². The summed E-state index contributed by atoms with van der Waals surface area (Å²) in [5, 5.41) is 5.10. The standard InChI is InChI=1S/C20H27N3O3S2/c1-22(2)18(19-9-6-14-27-19)15-21-20(24)16-10-12-23(13-11-16)28(25,26)17-7-4-3-5-8-17/h3-9,14,16,18H,10-13,15H2,1-2H3,(H,21,24)/t18-/m0/s1. The normalized spacial score (nSPS) is 17.5. The van der Waals surface area contributed by atoms with Crippen LogP contribution in [0.5, 0.6) is 0 Å². The van der Waals surface area contributed by atoms with E-state index in [1.807, 2.05) is 25.5 Å². The minimum atomic E-state index is -3.48. The first-order valence-electron chi connectivity index (χ1n) is 9.42. The number of piperidine rings is 1. The van der Waals surface area contributed by atoms with Crippen LogP contribution in [0.15, 0.2) is 52.7 Å². The molecule has 1 N–H and O–H groups in total. The maximum atomic E-state index is 12.7. The van der Waals surface area contributed by atoms with Crippen molar-refractivity contribution >= 4 is 27.3 Å². The van der Waals surface area contributed by atoms with Gasteiger partial charge >= 0.3 is 0 Å². The van der Waals surface area contributed by atoms with Gasteiger partial charge in [0.25, 0.3) is 0 Å². The number of carbonyl (C=O) groups is 1. The molecule has 1 amide bonds. The molecule has 1 aliphatic rings. The van der Waals surface area contributed by atoms with Crippen LogP contribution in [-0.2, 0) is 14.8 Å². The summed E-state index contributed by atoms with van der Waals surface area (Å²) in [4.78, 5) is 16.3. The summed E-state index contributed by atoms with van der Waals surface area (Å²) in [7, 11) is 0.525. The second kappa shape index (κ2) is 9.17.